The van der Waals surface area contributed by atoms with E-state index in [-0.39, 0.29) is 0 Å². The summed E-state index contributed by atoms with van der Waals surface area (Å²) in [5.74, 6) is -1.08. The summed E-state index contributed by atoms with van der Waals surface area (Å²) in [6.07, 6.45) is 26.7. The topological polar surface area (TPSA) is 43.4 Å². The van der Waals surface area contributed by atoms with Crippen LogP contribution in [-0.2, 0) is 14.3 Å². The summed E-state index contributed by atoms with van der Waals surface area (Å²) in [7, 11) is 0. The highest BCUT2D eigenvalue weighted by Crippen LogP contribution is 2.14. The number of carbonyl (C=O) groups excluding carboxylic acids is 2. The zero-order valence-electron chi connectivity index (χ0n) is 18.7. The third-order valence-electron chi connectivity index (χ3n) is 5.37. The number of unbranched alkanes of at least 4 members (excludes halogenated alkanes) is 18. The van der Waals surface area contributed by atoms with Gasteiger partial charge in [0.2, 0.25) is 0 Å². The molecule has 0 aromatic heterocycles. The van der Waals surface area contributed by atoms with Gasteiger partial charge in [0.15, 0.2) is 0 Å². The minimum atomic E-state index is -0.650. The van der Waals surface area contributed by atoms with Crippen molar-refractivity contribution in [2.45, 2.75) is 135 Å². The lowest BCUT2D eigenvalue weighted by atomic mass is 10.0. The predicted molar refractivity (Wildman–Crippen MR) is 119 cm³/mol. The first kappa shape index (κ1) is 26.9. The Morgan fingerprint density at radius 2 is 0.929 bits per heavy atom. The molecule has 0 rings (SSSR count). The highest BCUT2D eigenvalue weighted by Gasteiger charge is 2.06. The van der Waals surface area contributed by atoms with Crippen LogP contribution in [0, 0.1) is 0 Å². The van der Waals surface area contributed by atoms with E-state index in [1.165, 1.54) is 109 Å². The lowest BCUT2D eigenvalue weighted by Crippen LogP contribution is -2.09. The lowest BCUT2D eigenvalue weighted by Gasteiger charge is -2.04. The van der Waals surface area contributed by atoms with Crippen molar-refractivity contribution in [2.24, 2.45) is 0 Å². The third kappa shape index (κ3) is 21.2. The standard InChI is InChI=1S/C25H46O3/c1-3-5-6-7-8-9-10-11-12-13-14-15-16-17-18-19-20-21-22-23-25(27)28-24(26)4-2/h4H,2-3,5-23H2,1H3. The number of rotatable bonds is 21. The van der Waals surface area contributed by atoms with Gasteiger partial charge in [-0.3, -0.25) is 4.79 Å². The van der Waals surface area contributed by atoms with E-state index in [1.54, 1.807) is 0 Å². The van der Waals surface area contributed by atoms with Gasteiger partial charge in [-0.15, -0.1) is 0 Å². The van der Waals surface area contributed by atoms with Crippen LogP contribution in [0.3, 0.4) is 0 Å². The number of hydrogen-bond acceptors (Lipinski definition) is 3. The van der Waals surface area contributed by atoms with Crippen LogP contribution in [0.5, 0.6) is 0 Å². The molecule has 0 amide bonds. The summed E-state index contributed by atoms with van der Waals surface area (Å²) in [6, 6.07) is 0. The molecule has 3 heteroatoms. The number of hydrogen-bond donors (Lipinski definition) is 0. The summed E-state index contributed by atoms with van der Waals surface area (Å²) in [4.78, 5) is 22.2. The zero-order chi connectivity index (χ0) is 20.7. The molecule has 0 radical (unpaired) electrons. The first-order valence-corrected chi connectivity index (χ1v) is 12.1. The van der Waals surface area contributed by atoms with E-state index >= 15 is 0 Å². The number of ether oxygens (including phenoxy) is 1. The van der Waals surface area contributed by atoms with E-state index in [0.29, 0.717) is 6.42 Å². The van der Waals surface area contributed by atoms with Crippen LogP contribution in [-0.4, -0.2) is 11.9 Å². The highest BCUT2D eigenvalue weighted by molar-refractivity contribution is 5.91. The minimum absolute atomic E-state index is 0.332. The summed E-state index contributed by atoms with van der Waals surface area (Å²) < 4.78 is 4.54. The molecular formula is C25H46O3. The van der Waals surface area contributed by atoms with Gasteiger partial charge >= 0.3 is 11.9 Å². The van der Waals surface area contributed by atoms with Gasteiger partial charge in [0.25, 0.3) is 0 Å². The van der Waals surface area contributed by atoms with E-state index in [0.717, 1.165) is 18.9 Å². The summed E-state index contributed by atoms with van der Waals surface area (Å²) >= 11 is 0. The molecule has 0 aliphatic heterocycles. The smallest absolute Gasteiger partial charge is 0.337 e. The molecule has 0 aliphatic carbocycles. The monoisotopic (exact) mass is 394 g/mol. The average molecular weight is 395 g/mol. The van der Waals surface area contributed by atoms with Crippen LogP contribution in [0.1, 0.15) is 135 Å². The fourth-order valence-electron chi connectivity index (χ4n) is 3.55. The van der Waals surface area contributed by atoms with Crippen molar-refractivity contribution in [1.82, 2.24) is 0 Å². The molecule has 164 valence electrons. The Labute approximate surface area is 174 Å². The Hall–Kier alpha value is -1.12. The largest absolute Gasteiger partial charge is 0.390 e. The van der Waals surface area contributed by atoms with E-state index in [2.05, 4.69) is 18.2 Å². The molecule has 3 nitrogen and oxygen atoms in total. The second-order valence-electron chi connectivity index (χ2n) is 8.11. The van der Waals surface area contributed by atoms with Crippen LogP contribution in [0.2, 0.25) is 0 Å². The van der Waals surface area contributed by atoms with Crippen molar-refractivity contribution in [3.05, 3.63) is 12.7 Å². The summed E-state index contributed by atoms with van der Waals surface area (Å²) in [6.45, 7) is 5.55. The number of carbonyl (C=O) groups is 2. The van der Waals surface area contributed by atoms with Crippen LogP contribution in [0.4, 0.5) is 0 Å². The fraction of sp³-hybridized carbons (Fsp3) is 0.840. The van der Waals surface area contributed by atoms with E-state index in [1.807, 2.05) is 0 Å². The van der Waals surface area contributed by atoms with E-state index in [4.69, 9.17) is 0 Å². The van der Waals surface area contributed by atoms with Gasteiger partial charge in [-0.05, 0) is 6.42 Å². The van der Waals surface area contributed by atoms with Gasteiger partial charge in [-0.1, -0.05) is 129 Å². The second-order valence-corrected chi connectivity index (χ2v) is 8.11. The molecular weight excluding hydrogens is 348 g/mol. The maximum atomic E-state index is 11.3. The van der Waals surface area contributed by atoms with Crippen molar-refractivity contribution in [2.75, 3.05) is 0 Å². The normalized spacial score (nSPS) is 10.8. The molecule has 0 unspecified atom stereocenters. The lowest BCUT2D eigenvalue weighted by molar-refractivity contribution is -0.156. The molecule has 0 aromatic carbocycles. The second kappa shape index (κ2) is 22.2. The highest BCUT2D eigenvalue weighted by atomic mass is 16.6. The predicted octanol–water partition coefficient (Wildman–Crippen LogP) is 8.06. The van der Waals surface area contributed by atoms with E-state index < -0.39 is 11.9 Å². The first-order valence-electron chi connectivity index (χ1n) is 12.1. The Morgan fingerprint density at radius 3 is 1.25 bits per heavy atom. The van der Waals surface area contributed by atoms with E-state index in [9.17, 15) is 9.59 Å². The van der Waals surface area contributed by atoms with Crippen molar-refractivity contribution in [3.63, 3.8) is 0 Å². The van der Waals surface area contributed by atoms with Crippen molar-refractivity contribution in [3.8, 4) is 0 Å². The number of esters is 2. The molecule has 0 bridgehead atoms. The fourth-order valence-corrected chi connectivity index (χ4v) is 3.55. The minimum Gasteiger partial charge on any atom is -0.390 e. The van der Waals surface area contributed by atoms with Gasteiger partial charge in [-0.25, -0.2) is 4.79 Å². The van der Waals surface area contributed by atoms with Crippen molar-refractivity contribution >= 4 is 11.9 Å². The van der Waals surface area contributed by atoms with Crippen LogP contribution in [0.25, 0.3) is 0 Å². The Morgan fingerprint density at radius 1 is 0.607 bits per heavy atom. The maximum absolute atomic E-state index is 11.3. The molecule has 0 atom stereocenters. The van der Waals surface area contributed by atoms with Gasteiger partial charge in [0, 0.05) is 12.5 Å². The average Bonchev–Trinajstić information content (AvgIpc) is 2.69. The van der Waals surface area contributed by atoms with Gasteiger partial charge in [0.1, 0.15) is 0 Å². The summed E-state index contributed by atoms with van der Waals surface area (Å²) in [5.41, 5.74) is 0. The maximum Gasteiger partial charge on any atom is 0.337 e. The Kier molecular flexibility index (Phi) is 21.3. The molecule has 0 N–H and O–H groups in total. The first-order chi connectivity index (χ1) is 13.7. The van der Waals surface area contributed by atoms with Gasteiger partial charge in [-0.2, -0.15) is 0 Å². The van der Waals surface area contributed by atoms with Gasteiger partial charge < -0.3 is 4.74 Å². The Bertz CT molecular complexity index is 376. The van der Waals surface area contributed by atoms with Crippen molar-refractivity contribution in [1.29, 1.82) is 0 Å². The zero-order valence-corrected chi connectivity index (χ0v) is 18.7. The van der Waals surface area contributed by atoms with Crippen LogP contribution in [0.15, 0.2) is 12.7 Å². The molecule has 0 aliphatic rings. The summed E-state index contributed by atoms with van der Waals surface area (Å²) in [5, 5.41) is 0. The molecule has 0 aromatic rings. The third-order valence-corrected chi connectivity index (χ3v) is 5.37. The molecule has 0 fully saturated rings. The molecule has 0 saturated carbocycles. The molecule has 0 heterocycles. The SMILES string of the molecule is C=CC(=O)OC(=O)CCCCCCCCCCCCCCCCCCCCC. The molecule has 28 heavy (non-hydrogen) atoms. The Balaban J connectivity index is 3.11. The van der Waals surface area contributed by atoms with Gasteiger partial charge in [0.05, 0.1) is 0 Å². The van der Waals surface area contributed by atoms with Crippen molar-refractivity contribution < 1.29 is 14.3 Å². The van der Waals surface area contributed by atoms with Crippen LogP contribution >= 0.6 is 0 Å². The molecule has 0 spiro atoms. The quantitative estimate of drug-likeness (QED) is 0.0855. The van der Waals surface area contributed by atoms with Crippen LogP contribution < -0.4 is 0 Å². The molecule has 0 saturated heterocycles.